The van der Waals surface area contributed by atoms with E-state index in [-0.39, 0.29) is 41.1 Å². The highest BCUT2D eigenvalue weighted by Crippen LogP contribution is 2.28. The Morgan fingerprint density at radius 1 is 0.711 bits per heavy atom. The largest absolute Gasteiger partial charge is 0.499 e. The van der Waals surface area contributed by atoms with Crippen molar-refractivity contribution in [3.05, 3.63) is 73.4 Å². The number of carbonyl (C=O) groups excluding carboxylic acids is 3. The highest BCUT2D eigenvalue weighted by molar-refractivity contribution is 6.00. The molecule has 1 saturated carbocycles. The number of hydrogen-bond acceptors (Lipinski definition) is 9. The number of ether oxygens (including phenoxy) is 6. The van der Waals surface area contributed by atoms with Crippen molar-refractivity contribution in [2.75, 3.05) is 0 Å². The van der Waals surface area contributed by atoms with E-state index in [1.165, 1.54) is 37.0 Å². The molecule has 9 nitrogen and oxygen atoms in total. The molecular weight excluding hydrogens is 492 g/mol. The Morgan fingerprint density at radius 2 is 1.13 bits per heavy atom. The lowest BCUT2D eigenvalue weighted by Gasteiger charge is -2.33. The highest BCUT2D eigenvalue weighted by atomic mass is 16.6. The molecule has 0 saturated heterocycles. The molecule has 2 rings (SSSR count). The van der Waals surface area contributed by atoms with Crippen LogP contribution in [0, 0.1) is 0 Å². The van der Waals surface area contributed by atoms with Gasteiger partial charge in [0.05, 0.1) is 47.7 Å². The van der Waals surface area contributed by atoms with Crippen LogP contribution in [0.3, 0.4) is 0 Å². The summed E-state index contributed by atoms with van der Waals surface area (Å²) in [5.41, 5.74) is 0.0765. The molecule has 1 aliphatic carbocycles. The second-order valence-electron chi connectivity index (χ2n) is 9.35. The zero-order valence-corrected chi connectivity index (χ0v) is 22.6. The second-order valence-corrected chi connectivity index (χ2v) is 9.35. The van der Waals surface area contributed by atoms with Crippen molar-refractivity contribution >= 4 is 17.9 Å². The van der Waals surface area contributed by atoms with Crippen LogP contribution < -0.4 is 0 Å². The number of carbonyl (C=O) groups is 3. The lowest BCUT2D eigenvalue weighted by Crippen LogP contribution is -2.38. The highest BCUT2D eigenvalue weighted by Gasteiger charge is 2.34. The normalized spacial score (nSPS) is 19.3. The molecule has 1 aromatic rings. The summed E-state index contributed by atoms with van der Waals surface area (Å²) >= 11 is 0. The minimum atomic E-state index is -0.698. The molecule has 1 aromatic carbocycles. The van der Waals surface area contributed by atoms with Gasteiger partial charge in [-0.05, 0) is 45.9 Å². The Kier molecular flexibility index (Phi) is 11.9. The summed E-state index contributed by atoms with van der Waals surface area (Å²) in [6, 6.07) is 4.03. The third-order valence-electron chi connectivity index (χ3n) is 5.86. The average molecular weight is 531 g/mol. The van der Waals surface area contributed by atoms with Crippen LogP contribution in [-0.4, -0.2) is 54.5 Å². The Morgan fingerprint density at radius 3 is 1.53 bits per heavy atom. The van der Waals surface area contributed by atoms with Crippen LogP contribution in [0.25, 0.3) is 0 Å². The lowest BCUT2D eigenvalue weighted by molar-refractivity contribution is -0.0517. The second kappa shape index (κ2) is 14.9. The topological polar surface area (TPSA) is 107 Å². The molecule has 0 aromatic heterocycles. The first-order chi connectivity index (χ1) is 18.1. The molecule has 38 heavy (non-hydrogen) atoms. The fraction of sp³-hybridized carbons (Fsp3) is 0.483. The SMILES string of the molecule is C=COC(C)CC(C)OC(=O)c1cc(C(=O)OC(C)CC(C)OC=C)cc(C(=O)OC2CC(OC=C)C2)c1. The van der Waals surface area contributed by atoms with Gasteiger partial charge >= 0.3 is 17.9 Å². The third kappa shape index (κ3) is 9.61. The van der Waals surface area contributed by atoms with Crippen molar-refractivity contribution in [1.29, 1.82) is 0 Å². The molecule has 1 aliphatic rings. The molecule has 4 unspecified atom stereocenters. The van der Waals surface area contributed by atoms with Crippen molar-refractivity contribution in [2.24, 2.45) is 0 Å². The standard InChI is InChI=1S/C29H38O9/c1-8-33-18(4)11-20(6)36-27(30)22-13-23(28(31)37-21(7)12-19(5)34-9-2)15-24(14-22)29(32)38-26-16-25(17-26)35-10-3/h8-10,13-15,18-21,25-26H,1-3,11-12,16-17H2,4-7H3. The number of rotatable bonds is 16. The van der Waals surface area contributed by atoms with Crippen molar-refractivity contribution < 1.29 is 42.8 Å². The first kappa shape index (κ1) is 30.5. The Bertz CT molecular complexity index is 940. The smallest absolute Gasteiger partial charge is 0.338 e. The van der Waals surface area contributed by atoms with Gasteiger partial charge in [0, 0.05) is 25.7 Å². The van der Waals surface area contributed by atoms with Crippen LogP contribution in [-0.2, 0) is 28.4 Å². The predicted molar refractivity (Wildman–Crippen MR) is 140 cm³/mol. The van der Waals surface area contributed by atoms with E-state index in [2.05, 4.69) is 19.7 Å². The van der Waals surface area contributed by atoms with Crippen LogP contribution in [0.4, 0.5) is 0 Å². The summed E-state index contributed by atoms with van der Waals surface area (Å²) in [6.45, 7) is 17.6. The summed E-state index contributed by atoms with van der Waals surface area (Å²) < 4.78 is 32.4. The van der Waals surface area contributed by atoms with Gasteiger partial charge in [0.15, 0.2) is 0 Å². The van der Waals surface area contributed by atoms with Crippen molar-refractivity contribution in [3.8, 4) is 0 Å². The molecule has 0 aliphatic heterocycles. The fourth-order valence-electron chi connectivity index (χ4n) is 4.03. The van der Waals surface area contributed by atoms with Gasteiger partial charge in [0.25, 0.3) is 0 Å². The van der Waals surface area contributed by atoms with Gasteiger partial charge in [-0.1, -0.05) is 19.7 Å². The Hall–Kier alpha value is -3.75. The van der Waals surface area contributed by atoms with Crippen LogP contribution >= 0.6 is 0 Å². The van der Waals surface area contributed by atoms with Crippen LogP contribution in [0.1, 0.15) is 84.5 Å². The van der Waals surface area contributed by atoms with E-state index in [9.17, 15) is 14.4 Å². The lowest BCUT2D eigenvalue weighted by atomic mass is 9.92. The maximum atomic E-state index is 12.9. The molecule has 0 radical (unpaired) electrons. The predicted octanol–water partition coefficient (Wildman–Crippen LogP) is 5.50. The minimum absolute atomic E-state index is 0.0213. The van der Waals surface area contributed by atoms with Crippen molar-refractivity contribution in [3.63, 3.8) is 0 Å². The van der Waals surface area contributed by atoms with Crippen molar-refractivity contribution in [2.45, 2.75) is 90.0 Å². The van der Waals surface area contributed by atoms with Gasteiger partial charge in [-0.25, -0.2) is 14.4 Å². The average Bonchev–Trinajstić information content (AvgIpc) is 2.82. The van der Waals surface area contributed by atoms with Gasteiger partial charge in [-0.15, -0.1) is 0 Å². The molecule has 4 atom stereocenters. The number of benzene rings is 1. The molecule has 0 bridgehead atoms. The van der Waals surface area contributed by atoms with E-state index in [1.54, 1.807) is 13.8 Å². The summed E-state index contributed by atoms with van der Waals surface area (Å²) in [5.74, 6) is -2.06. The number of hydrogen-bond donors (Lipinski definition) is 0. The monoisotopic (exact) mass is 530 g/mol. The molecule has 0 heterocycles. The van der Waals surface area contributed by atoms with Crippen molar-refractivity contribution in [1.82, 2.24) is 0 Å². The summed E-state index contributed by atoms with van der Waals surface area (Å²) in [6.07, 6.45) is 4.09. The van der Waals surface area contributed by atoms with Crippen LogP contribution in [0.15, 0.2) is 56.7 Å². The molecule has 208 valence electrons. The van der Waals surface area contributed by atoms with E-state index in [0.29, 0.717) is 25.7 Å². The maximum absolute atomic E-state index is 12.9. The quantitative estimate of drug-likeness (QED) is 0.155. The van der Waals surface area contributed by atoms with E-state index >= 15 is 0 Å². The molecule has 1 fully saturated rings. The summed E-state index contributed by atoms with van der Waals surface area (Å²) in [4.78, 5) is 38.8. The fourth-order valence-corrected chi connectivity index (χ4v) is 4.03. The van der Waals surface area contributed by atoms with Crippen LogP contribution in [0.2, 0.25) is 0 Å². The summed E-state index contributed by atoms with van der Waals surface area (Å²) in [7, 11) is 0. The maximum Gasteiger partial charge on any atom is 0.338 e. The first-order valence-corrected chi connectivity index (χ1v) is 12.6. The van der Waals surface area contributed by atoms with E-state index in [4.69, 9.17) is 28.4 Å². The zero-order valence-electron chi connectivity index (χ0n) is 22.6. The van der Waals surface area contributed by atoms with Gasteiger partial charge in [-0.2, -0.15) is 0 Å². The Labute approximate surface area is 224 Å². The van der Waals surface area contributed by atoms with Crippen LogP contribution in [0.5, 0.6) is 0 Å². The van der Waals surface area contributed by atoms with Gasteiger partial charge in [0.1, 0.15) is 24.4 Å². The molecular formula is C29H38O9. The Balaban J connectivity index is 2.20. The van der Waals surface area contributed by atoms with E-state index < -0.39 is 30.1 Å². The minimum Gasteiger partial charge on any atom is -0.499 e. The van der Waals surface area contributed by atoms with Gasteiger partial charge in [0.2, 0.25) is 0 Å². The number of esters is 3. The summed E-state index contributed by atoms with van der Waals surface area (Å²) in [5, 5.41) is 0. The molecule has 0 N–H and O–H groups in total. The molecule has 0 amide bonds. The molecule has 9 heteroatoms. The van der Waals surface area contributed by atoms with E-state index in [1.807, 2.05) is 13.8 Å². The van der Waals surface area contributed by atoms with Gasteiger partial charge < -0.3 is 28.4 Å². The van der Waals surface area contributed by atoms with Gasteiger partial charge in [-0.3, -0.25) is 0 Å². The first-order valence-electron chi connectivity index (χ1n) is 12.6. The molecule has 0 spiro atoms. The third-order valence-corrected chi connectivity index (χ3v) is 5.86. The zero-order chi connectivity index (χ0) is 28.2. The van der Waals surface area contributed by atoms with E-state index in [0.717, 1.165) is 0 Å².